The Labute approximate surface area is 105 Å². The van der Waals surface area contributed by atoms with Crippen LogP contribution in [0.15, 0.2) is 36.7 Å². The molecule has 1 aromatic carbocycles. The van der Waals surface area contributed by atoms with Gasteiger partial charge in [-0.2, -0.15) is 0 Å². The molecule has 0 bridgehead atoms. The van der Waals surface area contributed by atoms with E-state index in [9.17, 15) is 4.79 Å². The fraction of sp³-hybridized carbons (Fsp3) is 0.231. The van der Waals surface area contributed by atoms with E-state index in [0.29, 0.717) is 18.7 Å². The molecule has 0 spiro atoms. The molecule has 0 saturated carbocycles. The molecule has 3 nitrogen and oxygen atoms in total. The quantitative estimate of drug-likeness (QED) is 0.845. The van der Waals surface area contributed by atoms with Gasteiger partial charge >= 0.3 is 0 Å². The predicted octanol–water partition coefficient (Wildman–Crippen LogP) is 3.19. The summed E-state index contributed by atoms with van der Waals surface area (Å²) in [5, 5.41) is 4.88. The van der Waals surface area contributed by atoms with E-state index in [1.165, 1.54) is 0 Å². The highest BCUT2D eigenvalue weighted by Gasteiger charge is 2.05. The summed E-state index contributed by atoms with van der Waals surface area (Å²) in [6, 6.07) is 7.82. The number of hydrogen-bond acceptors (Lipinski definition) is 2. The van der Waals surface area contributed by atoms with Gasteiger partial charge < -0.3 is 5.32 Å². The summed E-state index contributed by atoms with van der Waals surface area (Å²) in [4.78, 5) is 15.7. The Morgan fingerprint density at radius 1 is 1.29 bits per heavy atom. The van der Waals surface area contributed by atoms with Gasteiger partial charge in [0.25, 0.3) is 0 Å². The van der Waals surface area contributed by atoms with Crippen LogP contribution < -0.4 is 5.32 Å². The van der Waals surface area contributed by atoms with Crippen LogP contribution in [0.2, 0.25) is 0 Å². The summed E-state index contributed by atoms with van der Waals surface area (Å²) in [7, 11) is 0. The number of aromatic nitrogens is 1. The number of rotatable bonds is 4. The molecule has 0 atom stereocenters. The molecular formula is C13H13ClN2O. The summed E-state index contributed by atoms with van der Waals surface area (Å²) in [6.45, 7) is 0. The van der Waals surface area contributed by atoms with Gasteiger partial charge in [0.05, 0.1) is 11.9 Å². The van der Waals surface area contributed by atoms with Crippen molar-refractivity contribution in [3.8, 4) is 0 Å². The van der Waals surface area contributed by atoms with E-state index in [2.05, 4.69) is 10.3 Å². The average molecular weight is 249 g/mol. The zero-order valence-corrected chi connectivity index (χ0v) is 10.1. The molecular weight excluding hydrogens is 236 g/mol. The molecule has 17 heavy (non-hydrogen) atoms. The number of hydrogen-bond donors (Lipinski definition) is 1. The van der Waals surface area contributed by atoms with E-state index >= 15 is 0 Å². The first kappa shape index (κ1) is 11.9. The SMILES string of the molecule is O=C(CCCCl)Nc1cncc2ccccc12. The van der Waals surface area contributed by atoms with Crippen LogP contribution in [-0.2, 0) is 4.79 Å². The number of alkyl halides is 1. The van der Waals surface area contributed by atoms with Crippen LogP contribution in [0.3, 0.4) is 0 Å². The Kier molecular flexibility index (Phi) is 3.94. The fourth-order valence-corrected chi connectivity index (χ4v) is 1.79. The lowest BCUT2D eigenvalue weighted by atomic mass is 10.1. The van der Waals surface area contributed by atoms with Crippen LogP contribution in [-0.4, -0.2) is 16.8 Å². The Morgan fingerprint density at radius 2 is 2.12 bits per heavy atom. The lowest BCUT2D eigenvalue weighted by molar-refractivity contribution is -0.116. The molecule has 88 valence electrons. The van der Waals surface area contributed by atoms with Crippen molar-refractivity contribution >= 4 is 34.0 Å². The minimum absolute atomic E-state index is 0.0243. The van der Waals surface area contributed by atoms with Crippen molar-refractivity contribution in [3.63, 3.8) is 0 Å². The summed E-state index contributed by atoms with van der Waals surface area (Å²) in [6.07, 6.45) is 4.57. The summed E-state index contributed by atoms with van der Waals surface area (Å²) < 4.78 is 0. The van der Waals surface area contributed by atoms with Gasteiger partial charge in [-0.05, 0) is 6.42 Å². The third-order valence-electron chi connectivity index (χ3n) is 2.48. The number of nitrogens with one attached hydrogen (secondary N) is 1. The van der Waals surface area contributed by atoms with E-state index in [-0.39, 0.29) is 5.91 Å². The number of anilines is 1. The molecule has 2 aromatic rings. The van der Waals surface area contributed by atoms with Crippen LogP contribution >= 0.6 is 11.6 Å². The van der Waals surface area contributed by atoms with Crippen LogP contribution in [0.1, 0.15) is 12.8 Å². The number of amides is 1. The first-order valence-corrected chi connectivity index (χ1v) is 6.03. The smallest absolute Gasteiger partial charge is 0.224 e. The summed E-state index contributed by atoms with van der Waals surface area (Å²) in [5.41, 5.74) is 0.752. The third-order valence-corrected chi connectivity index (χ3v) is 2.75. The first-order valence-electron chi connectivity index (χ1n) is 5.50. The number of fused-ring (bicyclic) bond motifs is 1. The highest BCUT2D eigenvalue weighted by Crippen LogP contribution is 2.21. The fourth-order valence-electron chi connectivity index (χ4n) is 1.66. The molecule has 1 aromatic heterocycles. The highest BCUT2D eigenvalue weighted by atomic mass is 35.5. The van der Waals surface area contributed by atoms with Crippen LogP contribution in [0.4, 0.5) is 5.69 Å². The van der Waals surface area contributed by atoms with Gasteiger partial charge in [0, 0.05) is 29.3 Å². The minimum atomic E-state index is -0.0243. The third kappa shape index (κ3) is 2.94. The van der Waals surface area contributed by atoms with Crippen molar-refractivity contribution in [1.82, 2.24) is 4.98 Å². The molecule has 0 unspecified atom stereocenters. The summed E-state index contributed by atoms with van der Waals surface area (Å²) >= 11 is 5.55. The molecule has 4 heteroatoms. The Hall–Kier alpha value is -1.61. The van der Waals surface area contributed by atoms with Gasteiger partial charge in [-0.3, -0.25) is 9.78 Å². The van der Waals surface area contributed by atoms with Crippen molar-refractivity contribution in [2.24, 2.45) is 0 Å². The van der Waals surface area contributed by atoms with Crippen molar-refractivity contribution in [1.29, 1.82) is 0 Å². The van der Waals surface area contributed by atoms with Gasteiger partial charge in [-0.1, -0.05) is 24.3 Å². The van der Waals surface area contributed by atoms with E-state index in [1.54, 1.807) is 12.4 Å². The van der Waals surface area contributed by atoms with Crippen molar-refractivity contribution in [2.45, 2.75) is 12.8 Å². The standard InChI is InChI=1S/C13H13ClN2O/c14-7-3-6-13(17)16-12-9-15-8-10-4-1-2-5-11(10)12/h1-2,4-5,8-9H,3,6-7H2,(H,16,17). The molecule has 0 aliphatic carbocycles. The van der Waals surface area contributed by atoms with Crippen LogP contribution in [0.5, 0.6) is 0 Å². The molecule has 0 fully saturated rings. The number of halogens is 1. The Bertz CT molecular complexity index is 522. The van der Waals surface area contributed by atoms with Gasteiger partial charge in [-0.25, -0.2) is 0 Å². The molecule has 1 amide bonds. The van der Waals surface area contributed by atoms with Crippen molar-refractivity contribution < 1.29 is 4.79 Å². The lowest BCUT2D eigenvalue weighted by Crippen LogP contribution is -2.11. The van der Waals surface area contributed by atoms with Crippen LogP contribution in [0.25, 0.3) is 10.8 Å². The Balaban J connectivity index is 2.21. The minimum Gasteiger partial charge on any atom is -0.324 e. The lowest BCUT2D eigenvalue weighted by Gasteiger charge is -2.07. The Morgan fingerprint density at radius 3 is 2.94 bits per heavy atom. The molecule has 0 saturated heterocycles. The van der Waals surface area contributed by atoms with E-state index in [4.69, 9.17) is 11.6 Å². The normalized spacial score (nSPS) is 10.4. The largest absolute Gasteiger partial charge is 0.324 e. The second-order valence-electron chi connectivity index (χ2n) is 3.75. The monoisotopic (exact) mass is 248 g/mol. The second-order valence-corrected chi connectivity index (χ2v) is 4.13. The van der Waals surface area contributed by atoms with E-state index in [1.807, 2.05) is 24.3 Å². The predicted molar refractivity (Wildman–Crippen MR) is 70.3 cm³/mol. The molecule has 1 N–H and O–H groups in total. The number of carbonyl (C=O) groups is 1. The maximum absolute atomic E-state index is 11.6. The van der Waals surface area contributed by atoms with Crippen molar-refractivity contribution in [3.05, 3.63) is 36.7 Å². The highest BCUT2D eigenvalue weighted by molar-refractivity contribution is 6.18. The molecule has 0 radical (unpaired) electrons. The topological polar surface area (TPSA) is 42.0 Å². The number of benzene rings is 1. The van der Waals surface area contributed by atoms with Crippen LogP contribution in [0, 0.1) is 0 Å². The summed E-state index contributed by atoms with van der Waals surface area (Å²) in [5.74, 6) is 0.477. The van der Waals surface area contributed by atoms with Gasteiger partial charge in [0.1, 0.15) is 0 Å². The number of carbonyl (C=O) groups excluding carboxylic acids is 1. The zero-order valence-electron chi connectivity index (χ0n) is 9.32. The molecule has 0 aliphatic rings. The number of nitrogens with zero attached hydrogens (tertiary/aromatic N) is 1. The van der Waals surface area contributed by atoms with Gasteiger partial charge in [-0.15, -0.1) is 11.6 Å². The van der Waals surface area contributed by atoms with Gasteiger partial charge in [0.15, 0.2) is 0 Å². The zero-order chi connectivity index (χ0) is 12.1. The van der Waals surface area contributed by atoms with Crippen molar-refractivity contribution in [2.75, 3.05) is 11.2 Å². The maximum atomic E-state index is 11.6. The average Bonchev–Trinajstić information content (AvgIpc) is 2.37. The van der Waals surface area contributed by atoms with Gasteiger partial charge in [0.2, 0.25) is 5.91 Å². The number of pyridine rings is 1. The molecule has 1 heterocycles. The molecule has 0 aliphatic heterocycles. The second kappa shape index (κ2) is 5.64. The first-order chi connectivity index (χ1) is 8.31. The molecule has 2 rings (SSSR count). The van der Waals surface area contributed by atoms with E-state index in [0.717, 1.165) is 16.5 Å². The van der Waals surface area contributed by atoms with E-state index < -0.39 is 0 Å². The maximum Gasteiger partial charge on any atom is 0.224 e.